The topological polar surface area (TPSA) is 89.3 Å². The lowest BCUT2D eigenvalue weighted by molar-refractivity contribution is -0.136. The lowest BCUT2D eigenvalue weighted by Gasteiger charge is -2.34. The van der Waals surface area contributed by atoms with Crippen molar-refractivity contribution in [1.82, 2.24) is 14.5 Å². The molecular weight excluding hydrogens is 458 g/mol. The Kier molecular flexibility index (Phi) is 5.86. The molecule has 3 heterocycles. The van der Waals surface area contributed by atoms with Crippen LogP contribution in [-0.2, 0) is 21.2 Å². The quantitative estimate of drug-likeness (QED) is 0.553. The van der Waals surface area contributed by atoms with Gasteiger partial charge in [0.15, 0.2) is 9.84 Å². The molecule has 5 rings (SSSR count). The van der Waals surface area contributed by atoms with Crippen molar-refractivity contribution in [3.8, 4) is 10.4 Å². The molecule has 1 amide bonds. The minimum Gasteiger partial charge on any atom is -0.334 e. The number of thiophene rings is 1. The molecule has 3 aromatic rings. The molecule has 1 aliphatic carbocycles. The monoisotopic (exact) mass is 485 g/mol. The van der Waals surface area contributed by atoms with Gasteiger partial charge >= 0.3 is 0 Å². The summed E-state index contributed by atoms with van der Waals surface area (Å²) in [5.41, 5.74) is 1.68. The minimum absolute atomic E-state index is 0.0193. The Morgan fingerprint density at radius 2 is 1.88 bits per heavy atom. The van der Waals surface area contributed by atoms with Gasteiger partial charge in [0.25, 0.3) is 5.56 Å². The van der Waals surface area contributed by atoms with Gasteiger partial charge in [-0.25, -0.2) is 13.4 Å². The van der Waals surface area contributed by atoms with E-state index in [0.29, 0.717) is 16.6 Å². The molecule has 0 bridgehead atoms. The van der Waals surface area contributed by atoms with Crippen molar-refractivity contribution in [2.45, 2.75) is 57.7 Å². The standard InChI is InChI=1S/C24H27N3O4S2/c1-16-21-23(32-22(16)17-7-3-2-4-8-17)25-15-26(24(21)29)13-20(28)27(18-9-5-6-10-18)19-11-12-33(30,31)14-19/h2-4,7-8,15,18-19H,5-6,9-14H2,1H3. The van der Waals surface area contributed by atoms with Crippen LogP contribution >= 0.6 is 11.3 Å². The molecule has 1 atom stereocenters. The number of carbonyl (C=O) groups is 1. The van der Waals surface area contributed by atoms with E-state index in [1.165, 1.54) is 22.2 Å². The van der Waals surface area contributed by atoms with Gasteiger partial charge in [-0.1, -0.05) is 43.2 Å². The average Bonchev–Trinajstić information content (AvgIpc) is 3.51. The fourth-order valence-electron chi connectivity index (χ4n) is 5.25. The second kappa shape index (κ2) is 8.68. The highest BCUT2D eigenvalue weighted by molar-refractivity contribution is 7.91. The zero-order valence-corrected chi connectivity index (χ0v) is 20.2. The third-order valence-electron chi connectivity index (χ3n) is 6.87. The van der Waals surface area contributed by atoms with Gasteiger partial charge in [0.1, 0.15) is 11.4 Å². The van der Waals surface area contributed by atoms with Gasteiger partial charge in [0.2, 0.25) is 5.91 Å². The van der Waals surface area contributed by atoms with Crippen molar-refractivity contribution in [2.24, 2.45) is 0 Å². The van der Waals surface area contributed by atoms with Crippen molar-refractivity contribution in [3.63, 3.8) is 0 Å². The predicted octanol–water partition coefficient (Wildman–Crippen LogP) is 3.39. The SMILES string of the molecule is Cc1c(-c2ccccc2)sc2ncn(CC(=O)N(C3CCCC3)C3CCS(=O)(=O)C3)c(=O)c12. The van der Waals surface area contributed by atoms with Gasteiger partial charge in [-0.05, 0) is 37.3 Å². The van der Waals surface area contributed by atoms with Crippen LogP contribution in [0.2, 0.25) is 0 Å². The van der Waals surface area contributed by atoms with Crippen molar-refractivity contribution < 1.29 is 13.2 Å². The fraction of sp³-hybridized carbons (Fsp3) is 0.458. The van der Waals surface area contributed by atoms with Crippen LogP contribution in [0, 0.1) is 6.92 Å². The number of aryl methyl sites for hydroxylation is 1. The molecular formula is C24H27N3O4S2. The maximum atomic E-state index is 13.4. The maximum absolute atomic E-state index is 13.4. The molecule has 0 radical (unpaired) electrons. The van der Waals surface area contributed by atoms with E-state index in [9.17, 15) is 18.0 Å². The summed E-state index contributed by atoms with van der Waals surface area (Å²) in [4.78, 5) is 34.7. The van der Waals surface area contributed by atoms with Gasteiger partial charge in [-0.15, -0.1) is 11.3 Å². The summed E-state index contributed by atoms with van der Waals surface area (Å²) < 4.78 is 25.6. The van der Waals surface area contributed by atoms with E-state index in [2.05, 4.69) is 4.98 Å². The number of sulfone groups is 1. The molecule has 7 nitrogen and oxygen atoms in total. The lowest BCUT2D eigenvalue weighted by Crippen LogP contribution is -2.49. The van der Waals surface area contributed by atoms with Crippen molar-refractivity contribution in [1.29, 1.82) is 0 Å². The molecule has 9 heteroatoms. The van der Waals surface area contributed by atoms with Crippen LogP contribution in [-0.4, -0.2) is 52.4 Å². The normalized spacial score (nSPS) is 20.5. The number of aromatic nitrogens is 2. The van der Waals surface area contributed by atoms with Crippen molar-refractivity contribution in [3.05, 3.63) is 52.6 Å². The molecule has 174 valence electrons. The first kappa shape index (κ1) is 22.3. The van der Waals surface area contributed by atoms with E-state index in [-0.39, 0.29) is 41.6 Å². The number of hydrogen-bond donors (Lipinski definition) is 0. The highest BCUT2D eigenvalue weighted by Crippen LogP contribution is 2.35. The molecule has 2 aliphatic rings. The molecule has 1 saturated heterocycles. The molecule has 2 fully saturated rings. The van der Waals surface area contributed by atoms with Crippen LogP contribution in [0.3, 0.4) is 0 Å². The van der Waals surface area contributed by atoms with E-state index in [1.54, 1.807) is 4.90 Å². The zero-order chi connectivity index (χ0) is 23.2. The van der Waals surface area contributed by atoms with Crippen LogP contribution in [0.4, 0.5) is 0 Å². The molecule has 1 unspecified atom stereocenters. The number of rotatable bonds is 5. The average molecular weight is 486 g/mol. The van der Waals surface area contributed by atoms with Crippen LogP contribution in [0.15, 0.2) is 41.5 Å². The second-order valence-corrected chi connectivity index (χ2v) is 12.3. The van der Waals surface area contributed by atoms with Crippen molar-refractivity contribution >= 4 is 37.3 Å². The largest absolute Gasteiger partial charge is 0.334 e. The van der Waals surface area contributed by atoms with E-state index in [4.69, 9.17) is 0 Å². The minimum atomic E-state index is -3.12. The first-order chi connectivity index (χ1) is 15.8. The molecule has 0 N–H and O–H groups in total. The maximum Gasteiger partial charge on any atom is 0.262 e. The molecule has 1 aliphatic heterocycles. The van der Waals surface area contributed by atoms with Gasteiger partial charge in [-0.3, -0.25) is 14.2 Å². The predicted molar refractivity (Wildman–Crippen MR) is 130 cm³/mol. The van der Waals surface area contributed by atoms with Crippen LogP contribution in [0.1, 0.15) is 37.7 Å². The zero-order valence-electron chi connectivity index (χ0n) is 18.6. The summed E-state index contributed by atoms with van der Waals surface area (Å²) in [7, 11) is -3.12. The summed E-state index contributed by atoms with van der Waals surface area (Å²) >= 11 is 1.48. The van der Waals surface area contributed by atoms with E-state index >= 15 is 0 Å². The van der Waals surface area contributed by atoms with Gasteiger partial charge in [0, 0.05) is 17.0 Å². The Balaban J connectivity index is 1.47. The van der Waals surface area contributed by atoms with Gasteiger partial charge < -0.3 is 4.90 Å². The summed E-state index contributed by atoms with van der Waals surface area (Å²) in [5, 5.41) is 0.546. The molecule has 1 aromatic carbocycles. The summed E-state index contributed by atoms with van der Waals surface area (Å²) in [6.07, 6.45) is 5.78. The van der Waals surface area contributed by atoms with Crippen LogP contribution in [0.25, 0.3) is 20.7 Å². The third kappa shape index (κ3) is 4.24. The van der Waals surface area contributed by atoms with E-state index in [0.717, 1.165) is 41.7 Å². The Labute approximate surface area is 197 Å². The number of nitrogens with zero attached hydrogens (tertiary/aromatic N) is 3. The Morgan fingerprint density at radius 1 is 1.15 bits per heavy atom. The molecule has 1 saturated carbocycles. The highest BCUT2D eigenvalue weighted by Gasteiger charge is 2.39. The Hall–Kier alpha value is -2.52. The number of hydrogen-bond acceptors (Lipinski definition) is 6. The second-order valence-electron chi connectivity index (χ2n) is 9.08. The number of carbonyl (C=O) groups excluding carboxylic acids is 1. The Bertz CT molecular complexity index is 1360. The molecule has 33 heavy (non-hydrogen) atoms. The highest BCUT2D eigenvalue weighted by atomic mass is 32.2. The van der Waals surface area contributed by atoms with E-state index < -0.39 is 9.84 Å². The van der Waals surface area contributed by atoms with E-state index in [1.807, 2.05) is 37.3 Å². The smallest absolute Gasteiger partial charge is 0.262 e. The molecule has 2 aromatic heterocycles. The van der Waals surface area contributed by atoms with Gasteiger partial charge in [-0.2, -0.15) is 0 Å². The van der Waals surface area contributed by atoms with Gasteiger partial charge in [0.05, 0.1) is 23.2 Å². The summed E-state index contributed by atoms with van der Waals surface area (Å²) in [6.45, 7) is 1.80. The Morgan fingerprint density at radius 3 is 2.55 bits per heavy atom. The lowest BCUT2D eigenvalue weighted by atomic mass is 10.1. The number of amides is 1. The first-order valence-corrected chi connectivity index (χ1v) is 14.0. The third-order valence-corrected chi connectivity index (χ3v) is 9.87. The molecule has 0 spiro atoms. The summed E-state index contributed by atoms with van der Waals surface area (Å²) in [6, 6.07) is 9.65. The fourth-order valence-corrected chi connectivity index (χ4v) is 8.10. The first-order valence-electron chi connectivity index (χ1n) is 11.4. The number of fused-ring (bicyclic) bond motifs is 1. The van der Waals surface area contributed by atoms with Crippen LogP contribution < -0.4 is 5.56 Å². The van der Waals surface area contributed by atoms with Crippen LogP contribution in [0.5, 0.6) is 0 Å². The number of benzene rings is 1. The van der Waals surface area contributed by atoms with Crippen molar-refractivity contribution in [2.75, 3.05) is 11.5 Å². The summed E-state index contributed by atoms with van der Waals surface area (Å²) in [5.74, 6) is -0.0489.